The van der Waals surface area contributed by atoms with Gasteiger partial charge in [-0.1, -0.05) is 19.9 Å². The van der Waals surface area contributed by atoms with Gasteiger partial charge in [0.05, 0.1) is 22.4 Å². The molecule has 0 aliphatic rings. The average molecular weight is 286 g/mol. The molecule has 0 saturated carbocycles. The standard InChI is InChI=1S/C12H20BrN3/c1-4-7-11(14-6-3)12-10(13)9-15-16(12)8-5-2/h4,9,11,14H,1,5-8H2,2-3H3. The highest BCUT2D eigenvalue weighted by atomic mass is 79.9. The Balaban J connectivity index is 2.95. The quantitative estimate of drug-likeness (QED) is 0.780. The number of hydrogen-bond donors (Lipinski definition) is 1. The Hall–Kier alpha value is -0.610. The molecule has 0 aliphatic carbocycles. The molecule has 0 radical (unpaired) electrons. The second-order valence-corrected chi connectivity index (χ2v) is 4.59. The minimum atomic E-state index is 0.297. The van der Waals surface area contributed by atoms with Crippen molar-refractivity contribution in [2.45, 2.75) is 39.3 Å². The fourth-order valence-electron chi connectivity index (χ4n) is 1.81. The summed E-state index contributed by atoms with van der Waals surface area (Å²) in [6.07, 6.45) is 5.83. The summed E-state index contributed by atoms with van der Waals surface area (Å²) in [5.41, 5.74) is 1.23. The number of rotatable bonds is 7. The minimum Gasteiger partial charge on any atom is -0.309 e. The predicted molar refractivity (Wildman–Crippen MR) is 71.4 cm³/mol. The summed E-state index contributed by atoms with van der Waals surface area (Å²) in [4.78, 5) is 0. The van der Waals surface area contributed by atoms with Crippen LogP contribution in [0.3, 0.4) is 0 Å². The highest BCUT2D eigenvalue weighted by molar-refractivity contribution is 9.10. The molecule has 90 valence electrons. The van der Waals surface area contributed by atoms with Crippen molar-refractivity contribution in [3.05, 3.63) is 29.0 Å². The second-order valence-electron chi connectivity index (χ2n) is 3.74. The van der Waals surface area contributed by atoms with Crippen molar-refractivity contribution in [1.82, 2.24) is 15.1 Å². The first-order valence-corrected chi connectivity index (χ1v) is 6.59. The monoisotopic (exact) mass is 285 g/mol. The zero-order valence-corrected chi connectivity index (χ0v) is 11.6. The van der Waals surface area contributed by atoms with Crippen LogP contribution >= 0.6 is 15.9 Å². The van der Waals surface area contributed by atoms with Gasteiger partial charge in [-0.05, 0) is 35.3 Å². The van der Waals surface area contributed by atoms with E-state index in [-0.39, 0.29) is 0 Å². The van der Waals surface area contributed by atoms with Crippen LogP contribution in [0, 0.1) is 0 Å². The van der Waals surface area contributed by atoms with E-state index >= 15 is 0 Å². The number of nitrogens with zero attached hydrogens (tertiary/aromatic N) is 2. The van der Waals surface area contributed by atoms with Gasteiger partial charge >= 0.3 is 0 Å². The third-order valence-corrected chi connectivity index (χ3v) is 3.06. The van der Waals surface area contributed by atoms with Gasteiger partial charge in [0.1, 0.15) is 0 Å². The predicted octanol–water partition coefficient (Wildman–Crippen LogP) is 3.28. The van der Waals surface area contributed by atoms with Crippen LogP contribution in [0.2, 0.25) is 0 Å². The Labute approximate surface area is 106 Å². The van der Waals surface area contributed by atoms with Gasteiger partial charge in [0.25, 0.3) is 0 Å². The van der Waals surface area contributed by atoms with Gasteiger partial charge in [0.15, 0.2) is 0 Å². The van der Waals surface area contributed by atoms with E-state index in [0.29, 0.717) is 6.04 Å². The van der Waals surface area contributed by atoms with E-state index in [1.165, 1.54) is 5.69 Å². The lowest BCUT2D eigenvalue weighted by Gasteiger charge is -2.18. The fourth-order valence-corrected chi connectivity index (χ4v) is 2.39. The number of aromatic nitrogens is 2. The Morgan fingerprint density at radius 3 is 2.94 bits per heavy atom. The van der Waals surface area contributed by atoms with Gasteiger partial charge in [0.2, 0.25) is 0 Å². The molecule has 0 fully saturated rings. The van der Waals surface area contributed by atoms with Crippen LogP contribution in [0.15, 0.2) is 23.3 Å². The van der Waals surface area contributed by atoms with Gasteiger partial charge in [-0.25, -0.2) is 0 Å². The Morgan fingerprint density at radius 2 is 2.38 bits per heavy atom. The molecule has 1 aromatic rings. The zero-order chi connectivity index (χ0) is 12.0. The van der Waals surface area contributed by atoms with Gasteiger partial charge in [-0.3, -0.25) is 4.68 Å². The lowest BCUT2D eigenvalue weighted by Crippen LogP contribution is -2.24. The van der Waals surface area contributed by atoms with Gasteiger partial charge in [0, 0.05) is 6.54 Å². The van der Waals surface area contributed by atoms with E-state index in [1.54, 1.807) is 0 Å². The molecule has 0 amide bonds. The highest BCUT2D eigenvalue weighted by Gasteiger charge is 2.17. The second kappa shape index (κ2) is 6.86. The van der Waals surface area contributed by atoms with E-state index < -0.39 is 0 Å². The third-order valence-electron chi connectivity index (χ3n) is 2.45. The minimum absolute atomic E-state index is 0.297. The summed E-state index contributed by atoms with van der Waals surface area (Å²) in [5, 5.41) is 7.85. The molecule has 0 saturated heterocycles. The molecule has 0 aliphatic heterocycles. The van der Waals surface area contributed by atoms with E-state index in [9.17, 15) is 0 Å². The average Bonchev–Trinajstić information content (AvgIpc) is 2.60. The summed E-state index contributed by atoms with van der Waals surface area (Å²) in [6.45, 7) is 10.00. The van der Waals surface area contributed by atoms with Gasteiger partial charge in [-0.15, -0.1) is 6.58 Å². The Morgan fingerprint density at radius 1 is 1.62 bits per heavy atom. The van der Waals surface area contributed by atoms with Crippen LogP contribution in [0.4, 0.5) is 0 Å². The number of aryl methyl sites for hydroxylation is 1. The third kappa shape index (κ3) is 3.19. The number of nitrogens with one attached hydrogen (secondary N) is 1. The van der Waals surface area contributed by atoms with Crippen LogP contribution in [0.1, 0.15) is 38.4 Å². The number of hydrogen-bond acceptors (Lipinski definition) is 2. The largest absolute Gasteiger partial charge is 0.309 e. The van der Waals surface area contributed by atoms with Crippen molar-refractivity contribution < 1.29 is 0 Å². The first-order valence-electron chi connectivity index (χ1n) is 5.80. The lowest BCUT2D eigenvalue weighted by molar-refractivity contribution is 0.481. The van der Waals surface area contributed by atoms with Crippen LogP contribution in [0.5, 0.6) is 0 Å². The molecular weight excluding hydrogens is 266 g/mol. The fraction of sp³-hybridized carbons (Fsp3) is 0.583. The van der Waals surface area contributed by atoms with E-state index in [2.05, 4.69) is 51.5 Å². The van der Waals surface area contributed by atoms with E-state index in [4.69, 9.17) is 0 Å². The molecule has 4 heteroatoms. The Kier molecular flexibility index (Phi) is 5.77. The van der Waals surface area contributed by atoms with Crippen molar-refractivity contribution in [2.75, 3.05) is 6.54 Å². The SMILES string of the molecule is C=CCC(NCC)c1c(Br)cnn1CCC. The van der Waals surface area contributed by atoms with Gasteiger partial charge < -0.3 is 5.32 Å². The molecule has 1 unspecified atom stereocenters. The molecule has 1 heterocycles. The molecule has 1 atom stereocenters. The van der Waals surface area contributed by atoms with Crippen LogP contribution in [-0.2, 0) is 6.54 Å². The summed E-state index contributed by atoms with van der Waals surface area (Å²) in [5.74, 6) is 0. The maximum absolute atomic E-state index is 4.39. The lowest BCUT2D eigenvalue weighted by atomic mass is 10.1. The van der Waals surface area contributed by atoms with E-state index in [1.807, 2.05) is 12.3 Å². The topological polar surface area (TPSA) is 29.9 Å². The zero-order valence-electron chi connectivity index (χ0n) is 10.0. The first kappa shape index (κ1) is 13.5. The van der Waals surface area contributed by atoms with E-state index in [0.717, 1.165) is 30.4 Å². The molecule has 3 nitrogen and oxygen atoms in total. The summed E-state index contributed by atoms with van der Waals surface area (Å²) in [7, 11) is 0. The molecule has 1 N–H and O–H groups in total. The maximum Gasteiger partial charge on any atom is 0.0698 e. The van der Waals surface area contributed by atoms with Crippen LogP contribution in [0.25, 0.3) is 0 Å². The summed E-state index contributed by atoms with van der Waals surface area (Å²) < 4.78 is 3.15. The molecule has 0 aromatic carbocycles. The van der Waals surface area contributed by atoms with Crippen molar-refractivity contribution in [3.8, 4) is 0 Å². The van der Waals surface area contributed by atoms with Crippen molar-refractivity contribution in [3.63, 3.8) is 0 Å². The maximum atomic E-state index is 4.39. The Bertz CT molecular complexity index is 333. The normalized spacial score (nSPS) is 12.7. The molecule has 1 rings (SSSR count). The molecular formula is C12H20BrN3. The summed E-state index contributed by atoms with van der Waals surface area (Å²) in [6, 6.07) is 0.297. The van der Waals surface area contributed by atoms with Gasteiger partial charge in [-0.2, -0.15) is 5.10 Å². The molecule has 0 bridgehead atoms. The molecule has 1 aromatic heterocycles. The number of halogens is 1. The molecule has 16 heavy (non-hydrogen) atoms. The van der Waals surface area contributed by atoms with Crippen LogP contribution < -0.4 is 5.32 Å². The van der Waals surface area contributed by atoms with Crippen LogP contribution in [-0.4, -0.2) is 16.3 Å². The molecule has 0 spiro atoms. The summed E-state index contributed by atoms with van der Waals surface area (Å²) >= 11 is 3.57. The van der Waals surface area contributed by atoms with Crippen molar-refractivity contribution >= 4 is 15.9 Å². The highest BCUT2D eigenvalue weighted by Crippen LogP contribution is 2.26. The van der Waals surface area contributed by atoms with Crippen molar-refractivity contribution in [2.24, 2.45) is 0 Å². The first-order chi connectivity index (χ1) is 7.74. The smallest absolute Gasteiger partial charge is 0.0698 e. The van der Waals surface area contributed by atoms with Crippen molar-refractivity contribution in [1.29, 1.82) is 0 Å².